The normalized spacial score (nSPS) is 21.6. The zero-order valence-corrected chi connectivity index (χ0v) is 13.7. The van der Waals surface area contributed by atoms with Crippen molar-refractivity contribution < 1.29 is 4.79 Å². The van der Waals surface area contributed by atoms with Crippen LogP contribution in [0.25, 0.3) is 0 Å². The van der Waals surface area contributed by atoms with Gasteiger partial charge in [-0.1, -0.05) is 69.3 Å². The van der Waals surface area contributed by atoms with Crippen molar-refractivity contribution in [1.29, 1.82) is 0 Å². The number of para-hydroxylation sites is 1. The van der Waals surface area contributed by atoms with E-state index < -0.39 is 0 Å². The first-order valence-corrected chi connectivity index (χ1v) is 7.82. The fourth-order valence-corrected chi connectivity index (χ4v) is 3.61. The number of hydrogen-bond donors (Lipinski definition) is 0. The van der Waals surface area contributed by atoms with Crippen LogP contribution in [0, 0.1) is 11.3 Å². The number of benzene rings is 2. The van der Waals surface area contributed by atoms with E-state index in [0.717, 1.165) is 5.69 Å². The first kappa shape index (κ1) is 14.8. The van der Waals surface area contributed by atoms with Crippen molar-refractivity contribution in [2.24, 2.45) is 11.3 Å². The predicted octanol–water partition coefficient (Wildman–Crippen LogP) is 4.46. The molecule has 22 heavy (non-hydrogen) atoms. The molecule has 1 aliphatic heterocycles. The van der Waals surface area contributed by atoms with Crippen LogP contribution < -0.4 is 4.90 Å². The Morgan fingerprint density at radius 2 is 1.50 bits per heavy atom. The van der Waals surface area contributed by atoms with Crippen LogP contribution in [-0.2, 0) is 4.79 Å². The lowest BCUT2D eigenvalue weighted by Gasteiger charge is -2.44. The number of hydrogen-bond acceptors (Lipinski definition) is 1. The van der Waals surface area contributed by atoms with Gasteiger partial charge in [0.05, 0.1) is 5.92 Å². The fraction of sp³-hybridized carbons (Fsp3) is 0.350. The maximum absolute atomic E-state index is 13.0. The van der Waals surface area contributed by atoms with Crippen LogP contribution in [0.2, 0.25) is 0 Å². The fourth-order valence-electron chi connectivity index (χ4n) is 3.61. The summed E-state index contributed by atoms with van der Waals surface area (Å²) in [5.41, 5.74) is 3.40. The Hall–Kier alpha value is -2.09. The van der Waals surface area contributed by atoms with Crippen LogP contribution in [0.15, 0.2) is 54.6 Å². The molecule has 2 aromatic carbocycles. The van der Waals surface area contributed by atoms with Gasteiger partial charge in [-0.25, -0.2) is 0 Å². The molecule has 2 aromatic rings. The van der Waals surface area contributed by atoms with E-state index in [1.165, 1.54) is 11.1 Å². The van der Waals surface area contributed by atoms with E-state index in [9.17, 15) is 4.79 Å². The molecule has 114 valence electrons. The van der Waals surface area contributed by atoms with E-state index in [2.05, 4.69) is 57.2 Å². The molecule has 0 N–H and O–H groups in total. The Morgan fingerprint density at radius 1 is 0.909 bits per heavy atom. The zero-order chi connectivity index (χ0) is 15.9. The summed E-state index contributed by atoms with van der Waals surface area (Å²) in [5, 5.41) is 0. The number of nitrogens with zero attached hydrogens (tertiary/aromatic N) is 1. The molecule has 0 radical (unpaired) electrons. The molecular weight excluding hydrogens is 270 g/mol. The van der Waals surface area contributed by atoms with Crippen molar-refractivity contribution in [3.05, 3.63) is 65.7 Å². The van der Waals surface area contributed by atoms with Crippen molar-refractivity contribution in [2.45, 2.75) is 26.7 Å². The van der Waals surface area contributed by atoms with Crippen molar-refractivity contribution in [3.8, 4) is 0 Å². The molecule has 0 spiro atoms. The topological polar surface area (TPSA) is 20.3 Å². The average Bonchev–Trinajstić information content (AvgIpc) is 2.50. The molecule has 0 aromatic heterocycles. The monoisotopic (exact) mass is 293 g/mol. The molecule has 1 amide bonds. The van der Waals surface area contributed by atoms with Gasteiger partial charge in [-0.05, 0) is 22.6 Å². The quantitative estimate of drug-likeness (QED) is 0.760. The van der Waals surface area contributed by atoms with Gasteiger partial charge in [0.25, 0.3) is 0 Å². The highest BCUT2D eigenvalue weighted by Crippen LogP contribution is 2.49. The van der Waals surface area contributed by atoms with E-state index >= 15 is 0 Å². The molecule has 1 heterocycles. The number of carbonyl (C=O) groups excluding carboxylic acids is 1. The summed E-state index contributed by atoms with van der Waals surface area (Å²) in [6.45, 7) is 6.48. The number of carbonyl (C=O) groups is 1. The highest BCUT2D eigenvalue weighted by molar-refractivity contribution is 5.99. The smallest absolute Gasteiger partial charge is 0.231 e. The van der Waals surface area contributed by atoms with Crippen LogP contribution in [0.4, 0.5) is 5.69 Å². The van der Waals surface area contributed by atoms with Crippen LogP contribution >= 0.6 is 0 Å². The molecule has 2 nitrogen and oxygen atoms in total. The molecule has 1 aliphatic rings. The van der Waals surface area contributed by atoms with Gasteiger partial charge in [0, 0.05) is 18.7 Å². The lowest BCUT2D eigenvalue weighted by atomic mass is 9.65. The Balaban J connectivity index is 2.25. The number of rotatable bonds is 1. The van der Waals surface area contributed by atoms with E-state index in [1.54, 1.807) is 0 Å². The van der Waals surface area contributed by atoms with Gasteiger partial charge in [-0.15, -0.1) is 0 Å². The first-order valence-electron chi connectivity index (χ1n) is 7.82. The van der Waals surface area contributed by atoms with Gasteiger partial charge in [-0.3, -0.25) is 4.79 Å². The highest BCUT2D eigenvalue weighted by atomic mass is 16.2. The van der Waals surface area contributed by atoms with Gasteiger partial charge in [0.1, 0.15) is 0 Å². The first-order chi connectivity index (χ1) is 10.4. The van der Waals surface area contributed by atoms with Crippen LogP contribution in [0.3, 0.4) is 0 Å². The van der Waals surface area contributed by atoms with Gasteiger partial charge in [-0.2, -0.15) is 0 Å². The molecular formula is C20H23NO. The molecule has 0 bridgehead atoms. The van der Waals surface area contributed by atoms with E-state index in [1.807, 2.05) is 30.1 Å². The van der Waals surface area contributed by atoms with Crippen LogP contribution in [-0.4, -0.2) is 13.0 Å². The summed E-state index contributed by atoms with van der Waals surface area (Å²) in [5.74, 6) is 0.260. The standard InChI is InChI=1S/C20H23NO/c1-20(2,3)18-17(14-10-6-5-7-11-14)15-12-8-9-13-16(15)21(4)19(18)22/h5-13,17-18H,1-4H3. The summed E-state index contributed by atoms with van der Waals surface area (Å²) in [7, 11) is 1.89. The van der Waals surface area contributed by atoms with E-state index in [0.29, 0.717) is 0 Å². The third kappa shape index (κ3) is 2.33. The minimum absolute atomic E-state index is 0.0604. The minimum Gasteiger partial charge on any atom is -0.315 e. The largest absolute Gasteiger partial charge is 0.315 e. The second-order valence-electron chi connectivity index (χ2n) is 7.19. The molecule has 2 heteroatoms. The lowest BCUT2D eigenvalue weighted by Crippen LogP contribution is -2.46. The lowest BCUT2D eigenvalue weighted by molar-refractivity contribution is -0.126. The maximum atomic E-state index is 13.0. The second-order valence-corrected chi connectivity index (χ2v) is 7.19. The zero-order valence-electron chi connectivity index (χ0n) is 13.7. The molecule has 3 rings (SSSR count). The average molecular weight is 293 g/mol. The number of anilines is 1. The minimum atomic E-state index is -0.0978. The predicted molar refractivity (Wildman–Crippen MR) is 91.1 cm³/mol. The van der Waals surface area contributed by atoms with Gasteiger partial charge in [0.15, 0.2) is 0 Å². The molecule has 2 unspecified atom stereocenters. The summed E-state index contributed by atoms with van der Waals surface area (Å²) in [4.78, 5) is 14.9. The highest BCUT2D eigenvalue weighted by Gasteiger charge is 2.45. The molecule has 0 saturated heterocycles. The number of fused-ring (bicyclic) bond motifs is 1. The number of amides is 1. The van der Waals surface area contributed by atoms with Crippen molar-refractivity contribution >= 4 is 11.6 Å². The van der Waals surface area contributed by atoms with Gasteiger partial charge < -0.3 is 4.90 Å². The third-order valence-corrected chi connectivity index (χ3v) is 4.65. The van der Waals surface area contributed by atoms with E-state index in [4.69, 9.17) is 0 Å². The Labute approximate surface area is 132 Å². The summed E-state index contributed by atoms with van der Waals surface area (Å²) >= 11 is 0. The SMILES string of the molecule is CN1C(=O)C(C(C)(C)C)C(c2ccccc2)c2ccccc21. The molecule has 0 aliphatic carbocycles. The van der Waals surface area contributed by atoms with Crippen molar-refractivity contribution in [1.82, 2.24) is 0 Å². The summed E-state index contributed by atoms with van der Waals surface area (Å²) < 4.78 is 0. The maximum Gasteiger partial charge on any atom is 0.231 e. The Kier molecular flexibility index (Phi) is 3.56. The molecule has 0 fully saturated rings. The van der Waals surface area contributed by atoms with E-state index in [-0.39, 0.29) is 23.2 Å². The molecule has 0 saturated carbocycles. The van der Waals surface area contributed by atoms with Crippen molar-refractivity contribution in [2.75, 3.05) is 11.9 Å². The summed E-state index contributed by atoms with van der Waals surface area (Å²) in [6, 6.07) is 18.7. The van der Waals surface area contributed by atoms with Crippen molar-refractivity contribution in [3.63, 3.8) is 0 Å². The molecule has 2 atom stereocenters. The third-order valence-electron chi connectivity index (χ3n) is 4.65. The Morgan fingerprint density at radius 3 is 2.14 bits per heavy atom. The van der Waals surface area contributed by atoms with Gasteiger partial charge in [0.2, 0.25) is 5.91 Å². The van der Waals surface area contributed by atoms with Gasteiger partial charge >= 0.3 is 0 Å². The van der Waals surface area contributed by atoms with Crippen LogP contribution in [0.1, 0.15) is 37.8 Å². The Bertz CT molecular complexity index is 684. The second kappa shape index (κ2) is 5.28. The van der Waals surface area contributed by atoms with Crippen LogP contribution in [0.5, 0.6) is 0 Å². The summed E-state index contributed by atoms with van der Waals surface area (Å²) in [6.07, 6.45) is 0.